The maximum Gasteiger partial charge on any atom is 0.255 e. The molecule has 8 nitrogen and oxygen atoms in total. The van der Waals surface area contributed by atoms with Gasteiger partial charge in [-0.25, -0.2) is 14.6 Å². The molecule has 0 saturated heterocycles. The minimum atomic E-state index is -0.201. The Morgan fingerprint density at radius 3 is 2.84 bits per heavy atom. The van der Waals surface area contributed by atoms with Gasteiger partial charge < -0.3 is 10.1 Å². The van der Waals surface area contributed by atoms with Crippen molar-refractivity contribution in [2.24, 2.45) is 0 Å². The highest BCUT2D eigenvalue weighted by Crippen LogP contribution is 2.34. The van der Waals surface area contributed by atoms with Crippen molar-refractivity contribution in [1.29, 1.82) is 0 Å². The van der Waals surface area contributed by atoms with Crippen molar-refractivity contribution >= 4 is 5.91 Å². The Morgan fingerprint density at radius 2 is 2.03 bits per heavy atom. The lowest BCUT2D eigenvalue weighted by atomic mass is 9.90. The topological polar surface area (TPSA) is 94.8 Å². The van der Waals surface area contributed by atoms with E-state index < -0.39 is 0 Å². The van der Waals surface area contributed by atoms with E-state index in [1.807, 2.05) is 37.4 Å². The normalized spacial score (nSPS) is 12.1. The summed E-state index contributed by atoms with van der Waals surface area (Å²) in [6, 6.07) is 9.80. The summed E-state index contributed by atoms with van der Waals surface area (Å²) in [5, 5.41) is 7.30. The van der Waals surface area contributed by atoms with Gasteiger partial charge in [-0.3, -0.25) is 9.78 Å². The number of nitrogens with zero attached hydrogens (tertiary/aromatic N) is 5. The van der Waals surface area contributed by atoms with E-state index in [2.05, 4.69) is 26.4 Å². The zero-order valence-corrected chi connectivity index (χ0v) is 17.9. The molecule has 3 heterocycles. The van der Waals surface area contributed by atoms with Crippen molar-refractivity contribution in [1.82, 2.24) is 30.0 Å². The van der Waals surface area contributed by atoms with E-state index in [1.165, 1.54) is 5.56 Å². The number of carbonyl (C=O) groups excluding carboxylic acids is 1. The molecule has 0 radical (unpaired) electrons. The largest absolute Gasteiger partial charge is 0.497 e. The molecule has 0 aliphatic heterocycles. The molecule has 1 amide bonds. The number of fused-ring (bicyclic) bond motifs is 3. The molecular weight excluding hydrogens is 404 g/mol. The van der Waals surface area contributed by atoms with Gasteiger partial charge in [0, 0.05) is 30.7 Å². The summed E-state index contributed by atoms with van der Waals surface area (Å²) in [7, 11) is 1.67. The molecule has 5 rings (SSSR count). The van der Waals surface area contributed by atoms with Crippen LogP contribution in [0.15, 0.2) is 55.1 Å². The van der Waals surface area contributed by atoms with Crippen molar-refractivity contribution in [3.63, 3.8) is 0 Å². The van der Waals surface area contributed by atoms with E-state index in [0.29, 0.717) is 23.8 Å². The standard InChI is InChI=1S/C24H22N6O2/c1-15-21(23(31)26-12-16-4-3-9-25-11-16)14-28-30(15)24-27-13-18-6-5-17-10-19(32-2)7-8-20(17)22(18)29-24/h3-4,7-11,13-14H,5-6,12H2,1-2H3,(H,26,31). The number of hydrogen-bond acceptors (Lipinski definition) is 6. The van der Waals surface area contributed by atoms with Crippen LogP contribution in [0.4, 0.5) is 0 Å². The third-order valence-corrected chi connectivity index (χ3v) is 5.70. The molecule has 0 bridgehead atoms. The number of aryl methyl sites for hydroxylation is 2. The summed E-state index contributed by atoms with van der Waals surface area (Å²) in [4.78, 5) is 26.1. The molecule has 3 aromatic heterocycles. The summed E-state index contributed by atoms with van der Waals surface area (Å²) in [5.74, 6) is 1.08. The zero-order valence-electron chi connectivity index (χ0n) is 17.9. The number of ether oxygens (including phenoxy) is 1. The van der Waals surface area contributed by atoms with Gasteiger partial charge in [-0.15, -0.1) is 0 Å². The Labute approximate surface area is 185 Å². The Balaban J connectivity index is 1.43. The van der Waals surface area contributed by atoms with Gasteiger partial charge in [0.2, 0.25) is 0 Å². The first-order valence-corrected chi connectivity index (χ1v) is 10.4. The van der Waals surface area contributed by atoms with Crippen molar-refractivity contribution in [3.8, 4) is 23.0 Å². The van der Waals surface area contributed by atoms with Gasteiger partial charge in [0.15, 0.2) is 0 Å². The minimum Gasteiger partial charge on any atom is -0.497 e. The number of methoxy groups -OCH3 is 1. The zero-order chi connectivity index (χ0) is 22.1. The van der Waals surface area contributed by atoms with E-state index in [1.54, 1.807) is 30.4 Å². The lowest BCUT2D eigenvalue weighted by Crippen LogP contribution is -2.23. The first kappa shape index (κ1) is 19.9. The van der Waals surface area contributed by atoms with Crippen molar-refractivity contribution in [2.75, 3.05) is 7.11 Å². The second kappa shape index (κ2) is 8.22. The van der Waals surface area contributed by atoms with Gasteiger partial charge in [0.1, 0.15) is 5.75 Å². The Morgan fingerprint density at radius 1 is 1.16 bits per heavy atom. The highest BCUT2D eigenvalue weighted by atomic mass is 16.5. The maximum atomic E-state index is 12.7. The quantitative estimate of drug-likeness (QED) is 0.527. The van der Waals surface area contributed by atoms with E-state index in [9.17, 15) is 4.79 Å². The van der Waals surface area contributed by atoms with E-state index in [-0.39, 0.29) is 5.91 Å². The average Bonchev–Trinajstić information content (AvgIpc) is 3.23. The highest BCUT2D eigenvalue weighted by molar-refractivity contribution is 5.95. The number of benzene rings is 1. The van der Waals surface area contributed by atoms with Crippen LogP contribution in [-0.4, -0.2) is 37.7 Å². The lowest BCUT2D eigenvalue weighted by Gasteiger charge is -2.19. The molecule has 0 atom stereocenters. The van der Waals surface area contributed by atoms with Gasteiger partial charge in [0.05, 0.1) is 30.3 Å². The number of aromatic nitrogens is 5. The number of nitrogens with one attached hydrogen (secondary N) is 1. The molecule has 0 unspecified atom stereocenters. The third-order valence-electron chi connectivity index (χ3n) is 5.70. The van der Waals surface area contributed by atoms with Crippen LogP contribution in [-0.2, 0) is 19.4 Å². The maximum absolute atomic E-state index is 12.7. The third kappa shape index (κ3) is 3.60. The first-order valence-electron chi connectivity index (χ1n) is 10.4. The summed E-state index contributed by atoms with van der Waals surface area (Å²) in [6.45, 7) is 2.24. The summed E-state index contributed by atoms with van der Waals surface area (Å²) in [5.41, 5.74) is 6.38. The first-order chi connectivity index (χ1) is 15.6. The van der Waals surface area contributed by atoms with Gasteiger partial charge in [-0.1, -0.05) is 6.07 Å². The van der Waals surface area contributed by atoms with Crippen LogP contribution in [0, 0.1) is 6.92 Å². The summed E-state index contributed by atoms with van der Waals surface area (Å²) >= 11 is 0. The van der Waals surface area contributed by atoms with Gasteiger partial charge in [0.25, 0.3) is 11.9 Å². The molecule has 0 fully saturated rings. The molecule has 4 aromatic rings. The smallest absolute Gasteiger partial charge is 0.255 e. The fourth-order valence-electron chi connectivity index (χ4n) is 3.93. The molecule has 0 saturated carbocycles. The van der Waals surface area contributed by atoms with Crippen LogP contribution in [0.25, 0.3) is 17.2 Å². The fraction of sp³-hybridized carbons (Fsp3) is 0.208. The van der Waals surface area contributed by atoms with Crippen LogP contribution in [0.5, 0.6) is 5.75 Å². The molecule has 8 heteroatoms. The second-order valence-corrected chi connectivity index (χ2v) is 7.67. The van der Waals surface area contributed by atoms with Crippen molar-refractivity contribution in [3.05, 3.63) is 83.1 Å². The van der Waals surface area contributed by atoms with E-state index in [0.717, 1.165) is 41.0 Å². The minimum absolute atomic E-state index is 0.201. The number of hydrogen-bond donors (Lipinski definition) is 1. The van der Waals surface area contributed by atoms with E-state index >= 15 is 0 Å². The molecule has 160 valence electrons. The average molecular weight is 426 g/mol. The van der Waals surface area contributed by atoms with Gasteiger partial charge >= 0.3 is 0 Å². The molecule has 1 aliphatic carbocycles. The highest BCUT2D eigenvalue weighted by Gasteiger charge is 2.21. The second-order valence-electron chi connectivity index (χ2n) is 7.67. The number of amides is 1. The number of pyridine rings is 1. The number of rotatable bonds is 5. The fourth-order valence-corrected chi connectivity index (χ4v) is 3.93. The molecule has 1 aromatic carbocycles. The van der Waals surface area contributed by atoms with E-state index in [4.69, 9.17) is 9.72 Å². The molecule has 1 N–H and O–H groups in total. The number of carbonyl (C=O) groups is 1. The van der Waals surface area contributed by atoms with Crippen LogP contribution < -0.4 is 10.1 Å². The van der Waals surface area contributed by atoms with Crippen LogP contribution >= 0.6 is 0 Å². The van der Waals surface area contributed by atoms with Gasteiger partial charge in [-0.2, -0.15) is 5.10 Å². The Kier molecular flexibility index (Phi) is 5.10. The molecule has 32 heavy (non-hydrogen) atoms. The SMILES string of the molecule is COc1ccc2c(c1)CCc1cnc(-n3ncc(C(=O)NCc4cccnc4)c3C)nc1-2. The monoisotopic (exact) mass is 426 g/mol. The predicted molar refractivity (Wildman–Crippen MR) is 119 cm³/mol. The van der Waals surface area contributed by atoms with Gasteiger partial charge in [-0.05, 0) is 60.7 Å². The predicted octanol–water partition coefficient (Wildman–Crippen LogP) is 3.07. The Hall–Kier alpha value is -4.07. The summed E-state index contributed by atoms with van der Waals surface area (Å²) in [6.07, 6.45) is 8.63. The van der Waals surface area contributed by atoms with Crippen molar-refractivity contribution in [2.45, 2.75) is 26.3 Å². The van der Waals surface area contributed by atoms with Crippen LogP contribution in [0.3, 0.4) is 0 Å². The molecule has 0 spiro atoms. The summed E-state index contributed by atoms with van der Waals surface area (Å²) < 4.78 is 6.97. The Bertz CT molecular complexity index is 1300. The molecular formula is C24H22N6O2. The van der Waals surface area contributed by atoms with Crippen LogP contribution in [0.2, 0.25) is 0 Å². The van der Waals surface area contributed by atoms with Crippen LogP contribution in [0.1, 0.15) is 32.7 Å². The lowest BCUT2D eigenvalue weighted by molar-refractivity contribution is 0.0950. The van der Waals surface area contributed by atoms with Crippen molar-refractivity contribution < 1.29 is 9.53 Å². The molecule has 1 aliphatic rings.